The summed E-state index contributed by atoms with van der Waals surface area (Å²) < 4.78 is 11.8. The molecule has 1 N–H and O–H groups in total. The number of fused-ring (bicyclic) bond motifs is 3. The van der Waals surface area contributed by atoms with Crippen molar-refractivity contribution in [1.29, 1.82) is 0 Å². The van der Waals surface area contributed by atoms with E-state index in [4.69, 9.17) is 9.47 Å². The molecule has 4 heterocycles. The number of ether oxygens (including phenoxy) is 2. The van der Waals surface area contributed by atoms with E-state index in [1.54, 1.807) is 4.90 Å². The number of β-amino-alcohol motifs (C(OH)–C–C–N with tert-alkyl or cyclic N) is 1. The van der Waals surface area contributed by atoms with E-state index in [0.29, 0.717) is 64.8 Å². The summed E-state index contributed by atoms with van der Waals surface area (Å²) in [5.74, 6) is 1.41. The zero-order chi connectivity index (χ0) is 24.9. The van der Waals surface area contributed by atoms with Gasteiger partial charge in [0.15, 0.2) is 0 Å². The molecule has 1 aromatic carbocycles. The molecule has 4 aliphatic rings. The van der Waals surface area contributed by atoms with Gasteiger partial charge >= 0.3 is 0 Å². The van der Waals surface area contributed by atoms with Gasteiger partial charge in [0.25, 0.3) is 0 Å². The number of aliphatic hydroxyl groups excluding tert-OH is 1. The SMILES string of the molecule is O=C(C[C@@H]1CCN2C[C@@H]1/C=C/COc1ccccc1CN(C1CCOCC1)CC2=O)N1CC[C@@H](O)C1. The molecule has 196 valence electrons. The second-order valence-corrected chi connectivity index (χ2v) is 10.6. The van der Waals surface area contributed by atoms with E-state index in [1.807, 2.05) is 29.2 Å². The van der Waals surface area contributed by atoms with Gasteiger partial charge in [-0.05, 0) is 43.6 Å². The molecule has 8 heteroatoms. The molecular weight excluding hydrogens is 458 g/mol. The van der Waals surface area contributed by atoms with Crippen LogP contribution in [0.1, 0.15) is 37.7 Å². The van der Waals surface area contributed by atoms with Crippen molar-refractivity contribution in [3.63, 3.8) is 0 Å². The van der Waals surface area contributed by atoms with Gasteiger partial charge in [0.05, 0.1) is 12.6 Å². The van der Waals surface area contributed by atoms with Crippen LogP contribution in [0.25, 0.3) is 0 Å². The number of likely N-dealkylation sites (tertiary alicyclic amines) is 1. The minimum Gasteiger partial charge on any atom is -0.489 e. The number of hydrogen-bond acceptors (Lipinski definition) is 6. The van der Waals surface area contributed by atoms with Crippen LogP contribution in [0, 0.1) is 11.8 Å². The Hall–Kier alpha value is -2.42. The van der Waals surface area contributed by atoms with Crippen molar-refractivity contribution in [3.8, 4) is 5.75 Å². The van der Waals surface area contributed by atoms with E-state index in [1.165, 1.54) is 0 Å². The van der Waals surface area contributed by atoms with E-state index < -0.39 is 6.10 Å². The molecule has 0 aromatic heterocycles. The Balaban J connectivity index is 1.34. The van der Waals surface area contributed by atoms with E-state index in [0.717, 1.165) is 43.8 Å². The Morgan fingerprint density at radius 1 is 1.03 bits per heavy atom. The number of rotatable bonds is 3. The fourth-order valence-electron chi connectivity index (χ4n) is 6.05. The Kier molecular flexibility index (Phi) is 8.24. The van der Waals surface area contributed by atoms with Crippen molar-refractivity contribution in [2.45, 2.75) is 50.8 Å². The van der Waals surface area contributed by atoms with Gasteiger partial charge in [-0.15, -0.1) is 0 Å². The van der Waals surface area contributed by atoms with Crippen molar-refractivity contribution >= 4 is 11.8 Å². The second-order valence-electron chi connectivity index (χ2n) is 10.6. The molecule has 2 bridgehead atoms. The van der Waals surface area contributed by atoms with Crippen LogP contribution in [-0.4, -0.2) is 96.3 Å². The summed E-state index contributed by atoms with van der Waals surface area (Å²) in [5.41, 5.74) is 1.10. The molecule has 0 radical (unpaired) electrons. The predicted octanol–water partition coefficient (Wildman–Crippen LogP) is 2.06. The Morgan fingerprint density at radius 3 is 2.67 bits per heavy atom. The largest absolute Gasteiger partial charge is 0.489 e. The molecule has 36 heavy (non-hydrogen) atoms. The Morgan fingerprint density at radius 2 is 1.86 bits per heavy atom. The third kappa shape index (κ3) is 6.10. The molecule has 3 saturated heterocycles. The number of hydrogen-bond donors (Lipinski definition) is 1. The molecule has 0 saturated carbocycles. The number of amides is 2. The zero-order valence-electron chi connectivity index (χ0n) is 21.1. The smallest absolute Gasteiger partial charge is 0.236 e. The van der Waals surface area contributed by atoms with Crippen LogP contribution in [0.2, 0.25) is 0 Å². The van der Waals surface area contributed by atoms with Gasteiger partial charge in [0.1, 0.15) is 12.4 Å². The van der Waals surface area contributed by atoms with E-state index in [9.17, 15) is 14.7 Å². The maximum atomic E-state index is 13.6. The predicted molar refractivity (Wildman–Crippen MR) is 135 cm³/mol. The first-order valence-corrected chi connectivity index (χ1v) is 13.5. The van der Waals surface area contributed by atoms with Crippen molar-refractivity contribution in [2.75, 3.05) is 52.5 Å². The lowest BCUT2D eigenvalue weighted by Gasteiger charge is -2.40. The fraction of sp³-hybridized carbons (Fsp3) is 0.643. The van der Waals surface area contributed by atoms with E-state index in [2.05, 4.69) is 17.0 Å². The molecule has 4 aliphatic heterocycles. The van der Waals surface area contributed by atoms with E-state index in [-0.39, 0.29) is 23.7 Å². The average Bonchev–Trinajstić information content (AvgIpc) is 3.34. The Labute approximate surface area is 213 Å². The second kappa shape index (κ2) is 11.8. The van der Waals surface area contributed by atoms with Crippen LogP contribution in [0.15, 0.2) is 36.4 Å². The fourth-order valence-corrected chi connectivity index (χ4v) is 6.05. The highest BCUT2D eigenvalue weighted by molar-refractivity contribution is 5.79. The zero-order valence-corrected chi connectivity index (χ0v) is 21.1. The van der Waals surface area contributed by atoms with Gasteiger partial charge in [-0.1, -0.05) is 30.4 Å². The summed E-state index contributed by atoms with van der Waals surface area (Å²) in [6.07, 6.45) is 7.56. The molecule has 0 unspecified atom stereocenters. The van der Waals surface area contributed by atoms with Crippen LogP contribution < -0.4 is 4.74 Å². The first kappa shape index (κ1) is 25.2. The molecule has 3 atom stereocenters. The summed E-state index contributed by atoms with van der Waals surface area (Å²) >= 11 is 0. The Bertz CT molecular complexity index is 947. The van der Waals surface area contributed by atoms with Gasteiger partial charge in [0.2, 0.25) is 11.8 Å². The summed E-state index contributed by atoms with van der Waals surface area (Å²) in [6.45, 7) is 5.34. The third-order valence-corrected chi connectivity index (χ3v) is 8.22. The number of para-hydroxylation sites is 1. The van der Waals surface area contributed by atoms with Crippen LogP contribution in [0.5, 0.6) is 5.75 Å². The van der Waals surface area contributed by atoms with Crippen molar-refractivity contribution < 1.29 is 24.2 Å². The van der Waals surface area contributed by atoms with Gasteiger partial charge in [-0.3, -0.25) is 14.5 Å². The molecule has 1 aromatic rings. The molecule has 3 fully saturated rings. The molecule has 0 spiro atoms. The number of carbonyl (C=O) groups is 2. The molecule has 2 amide bonds. The van der Waals surface area contributed by atoms with Crippen LogP contribution >= 0.6 is 0 Å². The first-order valence-electron chi connectivity index (χ1n) is 13.5. The van der Waals surface area contributed by atoms with Gasteiger partial charge < -0.3 is 24.4 Å². The molecular formula is C28H39N3O5. The minimum absolute atomic E-state index is 0.107. The number of nitrogens with zero attached hydrogens (tertiary/aromatic N) is 3. The van der Waals surface area contributed by atoms with Crippen molar-refractivity contribution in [1.82, 2.24) is 14.7 Å². The van der Waals surface area contributed by atoms with Gasteiger partial charge in [0, 0.05) is 64.0 Å². The van der Waals surface area contributed by atoms with E-state index >= 15 is 0 Å². The topological polar surface area (TPSA) is 82.6 Å². The molecule has 8 nitrogen and oxygen atoms in total. The lowest BCUT2D eigenvalue weighted by molar-refractivity contribution is -0.137. The monoisotopic (exact) mass is 497 g/mol. The molecule has 5 rings (SSSR count). The number of benzene rings is 1. The van der Waals surface area contributed by atoms with Crippen LogP contribution in [0.4, 0.5) is 0 Å². The summed E-state index contributed by atoms with van der Waals surface area (Å²) in [5, 5.41) is 9.84. The summed E-state index contributed by atoms with van der Waals surface area (Å²) in [6, 6.07) is 8.41. The van der Waals surface area contributed by atoms with Gasteiger partial charge in [-0.2, -0.15) is 0 Å². The lowest BCUT2D eigenvalue weighted by Crippen LogP contribution is -2.50. The summed E-state index contributed by atoms with van der Waals surface area (Å²) in [7, 11) is 0. The maximum Gasteiger partial charge on any atom is 0.236 e. The number of piperidine rings is 1. The quantitative estimate of drug-likeness (QED) is 0.644. The standard InChI is InChI=1S/C28H39N3O5/c32-25-8-12-30(19-25)27(33)16-21-7-11-29-17-22(21)5-3-13-36-26-6-2-1-4-23(26)18-31(20-28(29)34)24-9-14-35-15-10-24/h1-6,21-22,24-25,32H,7-20H2/b5-3+/t21-,22-,25+/m0/s1. The van der Waals surface area contributed by atoms with Crippen molar-refractivity contribution in [3.05, 3.63) is 42.0 Å². The average molecular weight is 498 g/mol. The number of carbonyl (C=O) groups excluding carboxylic acids is 2. The van der Waals surface area contributed by atoms with Crippen LogP contribution in [0.3, 0.4) is 0 Å². The van der Waals surface area contributed by atoms with Gasteiger partial charge in [-0.25, -0.2) is 0 Å². The lowest BCUT2D eigenvalue weighted by atomic mass is 9.82. The van der Waals surface area contributed by atoms with Crippen LogP contribution in [-0.2, 0) is 20.9 Å². The third-order valence-electron chi connectivity index (χ3n) is 8.22. The van der Waals surface area contributed by atoms with Crippen molar-refractivity contribution in [2.24, 2.45) is 11.8 Å². The maximum absolute atomic E-state index is 13.6. The minimum atomic E-state index is -0.405. The highest BCUT2D eigenvalue weighted by Crippen LogP contribution is 2.31. The summed E-state index contributed by atoms with van der Waals surface area (Å²) in [4.78, 5) is 32.6. The number of aliphatic hydroxyl groups is 1. The molecule has 0 aliphatic carbocycles. The highest BCUT2D eigenvalue weighted by Gasteiger charge is 2.35. The highest BCUT2D eigenvalue weighted by atomic mass is 16.5. The first-order chi connectivity index (χ1) is 17.6. The normalized spacial score (nSPS) is 29.5.